The Balaban J connectivity index is 1.10. The van der Waals surface area contributed by atoms with Crippen molar-refractivity contribution < 1.29 is 23.8 Å². The van der Waals surface area contributed by atoms with Gasteiger partial charge in [-0.05, 0) is 48.6 Å². The van der Waals surface area contributed by atoms with E-state index in [9.17, 15) is 9.59 Å². The molecule has 1 fully saturated rings. The summed E-state index contributed by atoms with van der Waals surface area (Å²) in [5, 5.41) is 6.14. The molecule has 0 spiro atoms. The molecule has 8 heteroatoms. The van der Waals surface area contributed by atoms with Crippen LogP contribution in [-0.2, 0) is 17.8 Å². The molecule has 5 rings (SSSR count). The molecular weight excluding hydrogens is 422 g/mol. The van der Waals surface area contributed by atoms with Gasteiger partial charge in [-0.25, -0.2) is 4.79 Å². The fourth-order valence-corrected chi connectivity index (χ4v) is 4.56. The van der Waals surface area contributed by atoms with Crippen molar-refractivity contribution in [3.8, 4) is 17.2 Å². The number of carbonyl (C=O) groups excluding carboxylic acids is 2. The minimum atomic E-state index is -0.500. The van der Waals surface area contributed by atoms with E-state index in [4.69, 9.17) is 14.2 Å². The van der Waals surface area contributed by atoms with Crippen LogP contribution in [0.25, 0.3) is 0 Å². The van der Waals surface area contributed by atoms with E-state index in [0.29, 0.717) is 44.8 Å². The molecule has 8 nitrogen and oxygen atoms in total. The smallest absolute Gasteiger partial charge is 0.317 e. The second-order valence-corrected chi connectivity index (χ2v) is 9.19. The molecule has 2 N–H and O–H groups in total. The van der Waals surface area contributed by atoms with Crippen LogP contribution in [0.3, 0.4) is 0 Å². The molecule has 2 aromatic rings. The molecule has 0 unspecified atom stereocenters. The van der Waals surface area contributed by atoms with Crippen molar-refractivity contribution in [1.82, 2.24) is 15.5 Å². The third kappa shape index (κ3) is 4.55. The highest BCUT2D eigenvalue weighted by Gasteiger charge is 2.38. The summed E-state index contributed by atoms with van der Waals surface area (Å²) in [6.07, 6.45) is 2.00. The number of nitrogens with zero attached hydrogens (tertiary/aromatic N) is 1. The highest BCUT2D eigenvalue weighted by atomic mass is 16.7. The number of likely N-dealkylation sites (tertiary alicyclic amines) is 1. The SMILES string of the molecule is CC1(C(=O)NCc2ccc3c(c2)OCO3)CCN(C(=O)N[C@H]2COc3ccccc3C2)CC1. The zero-order valence-corrected chi connectivity index (χ0v) is 18.8. The predicted molar refractivity (Wildman–Crippen MR) is 121 cm³/mol. The Morgan fingerprint density at radius 3 is 2.67 bits per heavy atom. The van der Waals surface area contributed by atoms with Gasteiger partial charge in [0, 0.05) is 25.0 Å². The summed E-state index contributed by atoms with van der Waals surface area (Å²) in [4.78, 5) is 27.5. The standard InChI is InChI=1S/C25H29N3O5/c1-25(23(29)26-14-17-6-7-21-22(12-17)33-16-32-21)8-10-28(11-9-25)24(30)27-19-13-18-4-2-3-5-20(18)31-15-19/h2-7,12,19H,8-11,13-16H2,1H3,(H,26,29)(H,27,30)/t19-/m1/s1. The normalized spacial score (nSPS) is 20.4. The number of hydrogen-bond donors (Lipinski definition) is 2. The molecule has 0 radical (unpaired) electrons. The molecule has 1 atom stereocenters. The Hall–Kier alpha value is -3.42. The summed E-state index contributed by atoms with van der Waals surface area (Å²) in [7, 11) is 0. The van der Waals surface area contributed by atoms with Gasteiger partial charge in [-0.3, -0.25) is 4.79 Å². The molecular formula is C25H29N3O5. The number of benzene rings is 2. The Labute approximate surface area is 193 Å². The van der Waals surface area contributed by atoms with Crippen LogP contribution in [0.15, 0.2) is 42.5 Å². The molecule has 3 amide bonds. The van der Waals surface area contributed by atoms with E-state index >= 15 is 0 Å². The molecule has 0 aromatic heterocycles. The van der Waals surface area contributed by atoms with E-state index in [1.807, 2.05) is 49.4 Å². The number of carbonyl (C=O) groups is 2. The van der Waals surface area contributed by atoms with Crippen LogP contribution in [0, 0.1) is 5.41 Å². The topological polar surface area (TPSA) is 89.1 Å². The number of para-hydroxylation sites is 1. The third-order valence-corrected chi connectivity index (χ3v) is 6.80. The minimum Gasteiger partial charge on any atom is -0.491 e. The summed E-state index contributed by atoms with van der Waals surface area (Å²) in [6.45, 7) is 4.19. The number of piperidine rings is 1. The molecule has 1 saturated heterocycles. The Kier molecular flexibility index (Phi) is 5.74. The quantitative estimate of drug-likeness (QED) is 0.746. The highest BCUT2D eigenvalue weighted by molar-refractivity contribution is 5.83. The van der Waals surface area contributed by atoms with Gasteiger partial charge in [0.05, 0.1) is 6.04 Å². The molecule has 0 bridgehead atoms. The first-order valence-corrected chi connectivity index (χ1v) is 11.4. The van der Waals surface area contributed by atoms with Gasteiger partial charge in [0.2, 0.25) is 12.7 Å². The van der Waals surface area contributed by atoms with Gasteiger partial charge in [0.15, 0.2) is 11.5 Å². The first-order valence-electron chi connectivity index (χ1n) is 11.4. The first-order chi connectivity index (χ1) is 16.0. The number of ether oxygens (including phenoxy) is 3. The van der Waals surface area contributed by atoms with Crippen LogP contribution in [0.4, 0.5) is 4.79 Å². The lowest BCUT2D eigenvalue weighted by molar-refractivity contribution is -0.132. The lowest BCUT2D eigenvalue weighted by Crippen LogP contribution is -2.54. The molecule has 3 heterocycles. The third-order valence-electron chi connectivity index (χ3n) is 6.80. The van der Waals surface area contributed by atoms with E-state index in [1.54, 1.807) is 4.90 Å². The van der Waals surface area contributed by atoms with Crippen molar-refractivity contribution in [3.05, 3.63) is 53.6 Å². The number of fused-ring (bicyclic) bond motifs is 2. The van der Waals surface area contributed by atoms with Gasteiger partial charge < -0.3 is 29.7 Å². The maximum Gasteiger partial charge on any atom is 0.317 e. The summed E-state index contributed by atoms with van der Waals surface area (Å²) in [5.74, 6) is 2.34. The van der Waals surface area contributed by atoms with E-state index in [0.717, 1.165) is 29.0 Å². The average molecular weight is 452 g/mol. The van der Waals surface area contributed by atoms with E-state index < -0.39 is 5.41 Å². The number of rotatable bonds is 4. The fourth-order valence-electron chi connectivity index (χ4n) is 4.56. The molecule has 0 aliphatic carbocycles. The van der Waals surface area contributed by atoms with Crippen molar-refractivity contribution in [3.63, 3.8) is 0 Å². The summed E-state index contributed by atoms with van der Waals surface area (Å²) in [6, 6.07) is 13.5. The molecule has 0 saturated carbocycles. The van der Waals surface area contributed by atoms with Crippen molar-refractivity contribution in [2.75, 3.05) is 26.5 Å². The summed E-state index contributed by atoms with van der Waals surface area (Å²) < 4.78 is 16.5. The van der Waals surface area contributed by atoms with Crippen LogP contribution < -0.4 is 24.8 Å². The second kappa shape index (κ2) is 8.84. The van der Waals surface area contributed by atoms with Gasteiger partial charge in [-0.15, -0.1) is 0 Å². The number of nitrogens with one attached hydrogen (secondary N) is 2. The highest BCUT2D eigenvalue weighted by Crippen LogP contribution is 2.34. The maximum atomic E-state index is 12.9. The molecule has 3 aliphatic heterocycles. The molecule has 2 aromatic carbocycles. The monoisotopic (exact) mass is 451 g/mol. The molecule has 3 aliphatic rings. The summed E-state index contributed by atoms with van der Waals surface area (Å²) in [5.41, 5.74) is 1.57. The van der Waals surface area contributed by atoms with Crippen molar-refractivity contribution >= 4 is 11.9 Å². The van der Waals surface area contributed by atoms with Crippen LogP contribution in [0.5, 0.6) is 17.2 Å². The average Bonchev–Trinajstić information content (AvgIpc) is 3.31. The van der Waals surface area contributed by atoms with Crippen molar-refractivity contribution in [2.24, 2.45) is 5.41 Å². The van der Waals surface area contributed by atoms with E-state index in [1.165, 1.54) is 0 Å². The maximum absolute atomic E-state index is 12.9. The largest absolute Gasteiger partial charge is 0.491 e. The number of urea groups is 1. The van der Waals surface area contributed by atoms with Crippen molar-refractivity contribution in [1.29, 1.82) is 0 Å². The Morgan fingerprint density at radius 2 is 1.82 bits per heavy atom. The minimum absolute atomic E-state index is 0.0116. The van der Waals surface area contributed by atoms with Gasteiger partial charge in [0.1, 0.15) is 12.4 Å². The fraction of sp³-hybridized carbons (Fsp3) is 0.440. The van der Waals surface area contributed by atoms with Gasteiger partial charge in [-0.2, -0.15) is 0 Å². The molecule has 33 heavy (non-hydrogen) atoms. The predicted octanol–water partition coefficient (Wildman–Crippen LogP) is 2.85. The van der Waals surface area contributed by atoms with Crippen LogP contribution in [0.1, 0.15) is 30.9 Å². The van der Waals surface area contributed by atoms with E-state index in [-0.39, 0.29) is 24.8 Å². The Bertz CT molecular complexity index is 1050. The summed E-state index contributed by atoms with van der Waals surface area (Å²) >= 11 is 0. The van der Waals surface area contributed by atoms with Gasteiger partial charge in [0.25, 0.3) is 0 Å². The van der Waals surface area contributed by atoms with Gasteiger partial charge in [-0.1, -0.05) is 31.2 Å². The zero-order valence-electron chi connectivity index (χ0n) is 18.8. The Morgan fingerprint density at radius 1 is 1.03 bits per heavy atom. The van der Waals surface area contributed by atoms with Crippen LogP contribution >= 0.6 is 0 Å². The van der Waals surface area contributed by atoms with Crippen molar-refractivity contribution in [2.45, 2.75) is 38.8 Å². The number of amides is 3. The van der Waals surface area contributed by atoms with Gasteiger partial charge >= 0.3 is 6.03 Å². The lowest BCUT2D eigenvalue weighted by Gasteiger charge is -2.39. The first kappa shape index (κ1) is 21.4. The number of hydrogen-bond acceptors (Lipinski definition) is 5. The molecule has 174 valence electrons. The van der Waals surface area contributed by atoms with Crippen LogP contribution in [-0.4, -0.2) is 49.4 Å². The lowest BCUT2D eigenvalue weighted by atomic mass is 9.79. The van der Waals surface area contributed by atoms with Crippen LogP contribution in [0.2, 0.25) is 0 Å². The van der Waals surface area contributed by atoms with E-state index in [2.05, 4.69) is 10.6 Å². The second-order valence-electron chi connectivity index (χ2n) is 9.19. The zero-order chi connectivity index (χ0) is 22.8.